The third-order valence-electron chi connectivity index (χ3n) is 4.15. The van der Waals surface area contributed by atoms with Gasteiger partial charge < -0.3 is 29.6 Å². The number of benzene rings is 1. The van der Waals surface area contributed by atoms with Crippen LogP contribution < -0.4 is 10.6 Å². The van der Waals surface area contributed by atoms with Crippen molar-refractivity contribution in [3.05, 3.63) is 35.4 Å². The van der Waals surface area contributed by atoms with Gasteiger partial charge >= 0.3 is 0 Å². The topological polar surface area (TPSA) is 61.0 Å². The van der Waals surface area contributed by atoms with E-state index >= 15 is 0 Å². The van der Waals surface area contributed by atoms with Crippen LogP contribution in [0.5, 0.6) is 0 Å². The molecule has 134 valence electrons. The molecular weight excluding hydrogens is 308 g/mol. The highest BCUT2D eigenvalue weighted by Crippen LogP contribution is 2.09. The Morgan fingerprint density at radius 1 is 0.875 bits per heavy atom. The summed E-state index contributed by atoms with van der Waals surface area (Å²) in [4.78, 5) is 0. The lowest BCUT2D eigenvalue weighted by molar-refractivity contribution is -0.0366. The number of morpholine rings is 2. The molecule has 1 aromatic carbocycles. The van der Waals surface area contributed by atoms with E-state index in [0.717, 1.165) is 50.5 Å². The summed E-state index contributed by atoms with van der Waals surface area (Å²) in [6.45, 7) is 7.58. The molecule has 6 heteroatoms. The number of rotatable bonds is 8. The van der Waals surface area contributed by atoms with E-state index in [0.29, 0.717) is 26.4 Å². The first kappa shape index (κ1) is 17.8. The summed E-state index contributed by atoms with van der Waals surface area (Å²) in [5, 5.41) is 6.61. The van der Waals surface area contributed by atoms with Crippen LogP contribution in [-0.2, 0) is 32.2 Å². The quantitative estimate of drug-likeness (QED) is 0.729. The summed E-state index contributed by atoms with van der Waals surface area (Å²) in [7, 11) is 0. The lowest BCUT2D eigenvalue weighted by atomic mass is 10.1. The molecule has 3 rings (SSSR count). The van der Waals surface area contributed by atoms with Crippen molar-refractivity contribution in [3.8, 4) is 0 Å². The van der Waals surface area contributed by atoms with Crippen LogP contribution in [0.15, 0.2) is 24.3 Å². The van der Waals surface area contributed by atoms with Crippen molar-refractivity contribution in [2.24, 2.45) is 0 Å². The Labute approximate surface area is 143 Å². The van der Waals surface area contributed by atoms with Crippen LogP contribution >= 0.6 is 0 Å². The molecular formula is C18H28N2O4. The summed E-state index contributed by atoms with van der Waals surface area (Å²) in [5.41, 5.74) is 2.32. The van der Waals surface area contributed by atoms with E-state index < -0.39 is 0 Å². The van der Waals surface area contributed by atoms with Gasteiger partial charge in [0.25, 0.3) is 0 Å². The van der Waals surface area contributed by atoms with Gasteiger partial charge in [0.15, 0.2) is 0 Å². The number of hydrogen-bond donors (Lipinski definition) is 2. The summed E-state index contributed by atoms with van der Waals surface area (Å²) >= 11 is 0. The molecule has 0 unspecified atom stereocenters. The predicted octanol–water partition coefficient (Wildman–Crippen LogP) is 0.697. The van der Waals surface area contributed by atoms with Crippen LogP contribution in [0.25, 0.3) is 0 Å². The SMILES string of the molecule is c1cc(COC[C@@H]2CNCCO2)cc(COC[C@@H]2CNCCO2)c1. The van der Waals surface area contributed by atoms with Crippen molar-refractivity contribution in [2.75, 3.05) is 52.6 Å². The number of hydrogen-bond acceptors (Lipinski definition) is 6. The minimum absolute atomic E-state index is 0.161. The van der Waals surface area contributed by atoms with Crippen molar-refractivity contribution >= 4 is 0 Å². The van der Waals surface area contributed by atoms with Gasteiger partial charge in [-0.05, 0) is 11.1 Å². The van der Waals surface area contributed by atoms with Crippen molar-refractivity contribution in [3.63, 3.8) is 0 Å². The van der Waals surface area contributed by atoms with Gasteiger partial charge in [0.05, 0.1) is 51.8 Å². The molecule has 0 bridgehead atoms. The molecule has 0 saturated carbocycles. The summed E-state index contributed by atoms with van der Waals surface area (Å²) < 4.78 is 22.8. The largest absolute Gasteiger partial charge is 0.374 e. The molecule has 0 spiro atoms. The lowest BCUT2D eigenvalue weighted by Gasteiger charge is -2.23. The third kappa shape index (κ3) is 6.12. The molecule has 2 heterocycles. The van der Waals surface area contributed by atoms with Crippen LogP contribution in [0.4, 0.5) is 0 Å². The first-order valence-electron chi connectivity index (χ1n) is 8.78. The van der Waals surface area contributed by atoms with E-state index in [-0.39, 0.29) is 12.2 Å². The lowest BCUT2D eigenvalue weighted by Crippen LogP contribution is -2.41. The van der Waals surface area contributed by atoms with E-state index in [1.165, 1.54) is 0 Å². The summed E-state index contributed by atoms with van der Waals surface area (Å²) in [6, 6.07) is 8.35. The fourth-order valence-corrected chi connectivity index (χ4v) is 2.88. The highest BCUT2D eigenvalue weighted by molar-refractivity contribution is 5.22. The van der Waals surface area contributed by atoms with Gasteiger partial charge in [-0.1, -0.05) is 24.3 Å². The maximum absolute atomic E-state index is 5.78. The molecule has 0 aliphatic carbocycles. The van der Waals surface area contributed by atoms with E-state index in [2.05, 4.69) is 34.9 Å². The molecule has 24 heavy (non-hydrogen) atoms. The van der Waals surface area contributed by atoms with E-state index in [1.54, 1.807) is 0 Å². The average Bonchev–Trinajstić information content (AvgIpc) is 2.64. The molecule has 2 saturated heterocycles. The second-order valence-electron chi connectivity index (χ2n) is 6.24. The molecule has 2 aliphatic heterocycles. The molecule has 2 fully saturated rings. The first-order chi connectivity index (χ1) is 11.9. The number of ether oxygens (including phenoxy) is 4. The summed E-state index contributed by atoms with van der Waals surface area (Å²) in [6.07, 6.45) is 0.323. The van der Waals surface area contributed by atoms with Crippen molar-refractivity contribution < 1.29 is 18.9 Å². The van der Waals surface area contributed by atoms with Crippen LogP contribution in [0.2, 0.25) is 0 Å². The Morgan fingerprint density at radius 2 is 1.42 bits per heavy atom. The fourth-order valence-electron chi connectivity index (χ4n) is 2.88. The first-order valence-corrected chi connectivity index (χ1v) is 8.78. The summed E-state index contributed by atoms with van der Waals surface area (Å²) in [5.74, 6) is 0. The second-order valence-corrected chi connectivity index (χ2v) is 6.24. The standard InChI is InChI=1S/C18H28N2O4/c1-2-15(11-21-13-17-9-19-4-6-23-17)8-16(3-1)12-22-14-18-10-20-5-7-24-18/h1-3,8,17-20H,4-7,9-14H2/t17-,18-/m0/s1. The van der Waals surface area contributed by atoms with Gasteiger partial charge in [-0.2, -0.15) is 0 Å². The van der Waals surface area contributed by atoms with Crippen LogP contribution in [-0.4, -0.2) is 64.8 Å². The molecule has 0 aromatic heterocycles. The Bertz CT molecular complexity index is 435. The second kappa shape index (κ2) is 10.1. The van der Waals surface area contributed by atoms with Gasteiger partial charge in [0.1, 0.15) is 0 Å². The molecule has 0 amide bonds. The Kier molecular flexibility index (Phi) is 7.47. The van der Waals surface area contributed by atoms with Crippen molar-refractivity contribution in [1.29, 1.82) is 0 Å². The highest BCUT2D eigenvalue weighted by atomic mass is 16.5. The number of nitrogens with one attached hydrogen (secondary N) is 2. The van der Waals surface area contributed by atoms with Crippen molar-refractivity contribution in [1.82, 2.24) is 10.6 Å². The highest BCUT2D eigenvalue weighted by Gasteiger charge is 2.14. The normalized spacial score (nSPS) is 24.8. The van der Waals surface area contributed by atoms with Gasteiger partial charge in [-0.25, -0.2) is 0 Å². The average molecular weight is 336 g/mol. The predicted molar refractivity (Wildman–Crippen MR) is 91.0 cm³/mol. The molecule has 2 atom stereocenters. The zero-order chi connectivity index (χ0) is 16.5. The fraction of sp³-hybridized carbons (Fsp3) is 0.667. The van der Waals surface area contributed by atoms with Crippen LogP contribution in [0.1, 0.15) is 11.1 Å². The Morgan fingerprint density at radius 3 is 1.88 bits per heavy atom. The molecule has 2 aliphatic rings. The third-order valence-corrected chi connectivity index (χ3v) is 4.15. The smallest absolute Gasteiger partial charge is 0.0933 e. The van der Waals surface area contributed by atoms with Gasteiger partial charge in [0, 0.05) is 26.2 Å². The minimum Gasteiger partial charge on any atom is -0.374 e. The maximum Gasteiger partial charge on any atom is 0.0933 e. The van der Waals surface area contributed by atoms with Gasteiger partial charge in [-0.3, -0.25) is 0 Å². The zero-order valence-electron chi connectivity index (χ0n) is 14.2. The van der Waals surface area contributed by atoms with Crippen LogP contribution in [0, 0.1) is 0 Å². The van der Waals surface area contributed by atoms with Crippen molar-refractivity contribution in [2.45, 2.75) is 25.4 Å². The minimum atomic E-state index is 0.161. The van der Waals surface area contributed by atoms with E-state index in [1.807, 2.05) is 0 Å². The Balaban J connectivity index is 1.35. The molecule has 6 nitrogen and oxygen atoms in total. The maximum atomic E-state index is 5.78. The monoisotopic (exact) mass is 336 g/mol. The van der Waals surface area contributed by atoms with Gasteiger partial charge in [0.2, 0.25) is 0 Å². The van der Waals surface area contributed by atoms with Gasteiger partial charge in [-0.15, -0.1) is 0 Å². The van der Waals surface area contributed by atoms with E-state index in [4.69, 9.17) is 18.9 Å². The molecule has 2 N–H and O–H groups in total. The molecule has 1 aromatic rings. The van der Waals surface area contributed by atoms with Crippen LogP contribution in [0.3, 0.4) is 0 Å². The molecule has 0 radical (unpaired) electrons. The van der Waals surface area contributed by atoms with E-state index in [9.17, 15) is 0 Å². The Hall–Kier alpha value is -1.02. The zero-order valence-corrected chi connectivity index (χ0v) is 14.2.